The van der Waals surface area contributed by atoms with Gasteiger partial charge in [0.25, 0.3) is 0 Å². The second-order valence-electron chi connectivity index (χ2n) is 3.98. The molecular weight excluding hydrogens is 236 g/mol. The second kappa shape index (κ2) is 3.97. The summed E-state index contributed by atoms with van der Waals surface area (Å²) in [5, 5.41) is 0.735. The van der Waals surface area contributed by atoms with Crippen LogP contribution in [0.4, 0.5) is 0 Å². The van der Waals surface area contributed by atoms with E-state index in [1.54, 1.807) is 7.11 Å². The number of benzene rings is 2. The van der Waals surface area contributed by atoms with E-state index in [4.69, 9.17) is 21.1 Å². The summed E-state index contributed by atoms with van der Waals surface area (Å²) < 4.78 is 11.2. The summed E-state index contributed by atoms with van der Waals surface area (Å²) in [6, 6.07) is 11.6. The first-order valence-corrected chi connectivity index (χ1v) is 5.78. The topological polar surface area (TPSA) is 18.5 Å². The number of methoxy groups -OCH3 is 1. The van der Waals surface area contributed by atoms with Gasteiger partial charge in [-0.2, -0.15) is 0 Å². The summed E-state index contributed by atoms with van der Waals surface area (Å²) in [6.45, 7) is 0. The molecule has 0 radical (unpaired) electrons. The highest BCUT2D eigenvalue weighted by Crippen LogP contribution is 2.42. The lowest BCUT2D eigenvalue weighted by Crippen LogP contribution is -2.04. The Morgan fingerprint density at radius 1 is 1.18 bits per heavy atom. The van der Waals surface area contributed by atoms with E-state index in [0.717, 1.165) is 39.8 Å². The molecule has 2 nitrogen and oxygen atoms in total. The molecule has 0 atom stereocenters. The van der Waals surface area contributed by atoms with Gasteiger partial charge in [0.15, 0.2) is 11.5 Å². The average molecular weight is 247 g/mol. The lowest BCUT2D eigenvalue weighted by molar-refractivity contribution is 0.371. The molecule has 0 N–H and O–H groups in total. The van der Waals surface area contributed by atoms with Gasteiger partial charge in [-0.15, -0.1) is 0 Å². The molecular formula is C14H11ClO2. The molecule has 2 aromatic rings. The number of hydrogen-bond acceptors (Lipinski definition) is 2. The van der Waals surface area contributed by atoms with Gasteiger partial charge in [-0.3, -0.25) is 0 Å². The predicted molar refractivity (Wildman–Crippen MR) is 67.3 cm³/mol. The zero-order valence-corrected chi connectivity index (χ0v) is 10.1. The molecule has 0 aliphatic carbocycles. The van der Waals surface area contributed by atoms with Crippen molar-refractivity contribution >= 4 is 11.6 Å². The van der Waals surface area contributed by atoms with Crippen molar-refractivity contribution in [2.45, 2.75) is 6.42 Å². The van der Waals surface area contributed by atoms with Gasteiger partial charge in [0.2, 0.25) is 0 Å². The van der Waals surface area contributed by atoms with Crippen LogP contribution in [0.25, 0.3) is 0 Å². The van der Waals surface area contributed by atoms with Gasteiger partial charge < -0.3 is 9.47 Å². The molecule has 0 bridgehead atoms. The van der Waals surface area contributed by atoms with Crippen LogP contribution in [-0.2, 0) is 6.42 Å². The van der Waals surface area contributed by atoms with Crippen LogP contribution in [0, 0.1) is 0 Å². The number of ether oxygens (including phenoxy) is 2. The first-order chi connectivity index (χ1) is 8.28. The van der Waals surface area contributed by atoms with E-state index in [-0.39, 0.29) is 0 Å². The van der Waals surface area contributed by atoms with Crippen molar-refractivity contribution in [3.63, 3.8) is 0 Å². The highest BCUT2D eigenvalue weighted by molar-refractivity contribution is 6.30. The van der Waals surface area contributed by atoms with Crippen molar-refractivity contribution in [1.29, 1.82) is 0 Å². The largest absolute Gasteiger partial charge is 0.493 e. The Bertz CT molecular complexity index is 578. The molecule has 0 aromatic heterocycles. The summed E-state index contributed by atoms with van der Waals surface area (Å²) in [6.07, 6.45) is 0.822. The molecule has 1 aliphatic rings. The van der Waals surface area contributed by atoms with Gasteiger partial charge in [-0.05, 0) is 24.3 Å². The minimum atomic E-state index is 0.735. The number of hydrogen-bond donors (Lipinski definition) is 0. The minimum absolute atomic E-state index is 0.735. The van der Waals surface area contributed by atoms with Crippen LogP contribution in [0.2, 0.25) is 5.02 Å². The Labute approximate surface area is 105 Å². The smallest absolute Gasteiger partial charge is 0.172 e. The van der Waals surface area contributed by atoms with Gasteiger partial charge >= 0.3 is 0 Å². The number of para-hydroxylation sites is 1. The summed E-state index contributed by atoms with van der Waals surface area (Å²) >= 11 is 5.98. The van der Waals surface area contributed by atoms with Gasteiger partial charge in [-0.25, -0.2) is 0 Å². The molecule has 0 saturated carbocycles. The van der Waals surface area contributed by atoms with E-state index in [9.17, 15) is 0 Å². The Morgan fingerprint density at radius 3 is 2.88 bits per heavy atom. The van der Waals surface area contributed by atoms with Crippen molar-refractivity contribution in [2.24, 2.45) is 0 Å². The lowest BCUT2D eigenvalue weighted by Gasteiger charge is -2.22. The Hall–Kier alpha value is -1.67. The molecule has 3 heteroatoms. The Balaban J connectivity index is 2.10. The summed E-state index contributed by atoms with van der Waals surface area (Å²) in [7, 11) is 1.65. The molecule has 86 valence electrons. The maximum atomic E-state index is 5.98. The van der Waals surface area contributed by atoms with Gasteiger partial charge in [0.1, 0.15) is 5.75 Å². The third kappa shape index (κ3) is 1.75. The highest BCUT2D eigenvalue weighted by Gasteiger charge is 2.20. The van der Waals surface area contributed by atoms with E-state index in [1.165, 1.54) is 0 Å². The normalized spacial score (nSPS) is 12.4. The molecule has 0 saturated heterocycles. The van der Waals surface area contributed by atoms with Crippen LogP contribution in [0.5, 0.6) is 17.2 Å². The van der Waals surface area contributed by atoms with Crippen LogP contribution >= 0.6 is 11.6 Å². The second-order valence-corrected chi connectivity index (χ2v) is 4.42. The van der Waals surface area contributed by atoms with Crippen LogP contribution in [0.15, 0.2) is 36.4 Å². The molecule has 0 fully saturated rings. The lowest BCUT2D eigenvalue weighted by atomic mass is 10.00. The third-order valence-corrected chi connectivity index (χ3v) is 3.13. The molecule has 17 heavy (non-hydrogen) atoms. The van der Waals surface area contributed by atoms with Crippen molar-refractivity contribution < 1.29 is 9.47 Å². The first kappa shape index (κ1) is 10.5. The van der Waals surface area contributed by atoms with E-state index in [2.05, 4.69) is 0 Å². The average Bonchev–Trinajstić information content (AvgIpc) is 2.35. The summed E-state index contributed by atoms with van der Waals surface area (Å²) in [5.74, 6) is 2.43. The van der Waals surface area contributed by atoms with Crippen LogP contribution in [0.1, 0.15) is 11.1 Å². The van der Waals surface area contributed by atoms with Crippen molar-refractivity contribution in [3.05, 3.63) is 52.5 Å². The molecule has 1 heterocycles. The van der Waals surface area contributed by atoms with Crippen LogP contribution < -0.4 is 9.47 Å². The maximum absolute atomic E-state index is 5.98. The minimum Gasteiger partial charge on any atom is -0.493 e. The van der Waals surface area contributed by atoms with Crippen LogP contribution in [-0.4, -0.2) is 7.11 Å². The fourth-order valence-corrected chi connectivity index (χ4v) is 2.27. The molecule has 0 amide bonds. The molecule has 2 aromatic carbocycles. The fraction of sp³-hybridized carbons (Fsp3) is 0.143. The number of fused-ring (bicyclic) bond motifs is 2. The summed E-state index contributed by atoms with van der Waals surface area (Å²) in [5.41, 5.74) is 2.23. The van der Waals surface area contributed by atoms with E-state index >= 15 is 0 Å². The quantitative estimate of drug-likeness (QED) is 0.645. The fourth-order valence-electron chi connectivity index (χ4n) is 2.08. The van der Waals surface area contributed by atoms with Crippen molar-refractivity contribution in [2.75, 3.05) is 7.11 Å². The van der Waals surface area contributed by atoms with E-state index in [0.29, 0.717) is 0 Å². The third-order valence-electron chi connectivity index (χ3n) is 2.90. The first-order valence-electron chi connectivity index (χ1n) is 5.40. The molecule has 3 rings (SSSR count). The zero-order chi connectivity index (χ0) is 11.8. The predicted octanol–water partition coefficient (Wildman–Crippen LogP) is 4.05. The van der Waals surface area contributed by atoms with E-state index < -0.39 is 0 Å². The number of rotatable bonds is 1. The van der Waals surface area contributed by atoms with Crippen LogP contribution in [0.3, 0.4) is 0 Å². The highest BCUT2D eigenvalue weighted by atomic mass is 35.5. The summed E-state index contributed by atoms with van der Waals surface area (Å²) in [4.78, 5) is 0. The SMILES string of the molecule is COc1cccc2c1Oc1ccc(Cl)cc1C2. The molecule has 1 aliphatic heterocycles. The van der Waals surface area contributed by atoms with Crippen molar-refractivity contribution in [1.82, 2.24) is 0 Å². The Kier molecular flexibility index (Phi) is 2.45. The van der Waals surface area contributed by atoms with Gasteiger partial charge in [-0.1, -0.05) is 23.7 Å². The number of halogens is 1. The van der Waals surface area contributed by atoms with Crippen molar-refractivity contribution in [3.8, 4) is 17.2 Å². The van der Waals surface area contributed by atoms with E-state index in [1.807, 2.05) is 36.4 Å². The van der Waals surface area contributed by atoms with Gasteiger partial charge in [0, 0.05) is 22.6 Å². The zero-order valence-electron chi connectivity index (χ0n) is 9.37. The Morgan fingerprint density at radius 2 is 2.06 bits per heavy atom. The standard InChI is InChI=1S/C14H11ClO2/c1-16-13-4-2-3-9-7-10-8-11(15)5-6-12(10)17-14(9)13/h2-6,8H,7H2,1H3. The molecule has 0 unspecified atom stereocenters. The molecule has 0 spiro atoms. The van der Waals surface area contributed by atoms with Gasteiger partial charge in [0.05, 0.1) is 7.11 Å². The maximum Gasteiger partial charge on any atom is 0.172 e. The monoisotopic (exact) mass is 246 g/mol.